The molecule has 0 saturated carbocycles. The van der Waals surface area contributed by atoms with E-state index in [0.29, 0.717) is 19.5 Å². The van der Waals surface area contributed by atoms with Crippen LogP contribution in [0, 0.1) is 0 Å². The second-order valence-electron chi connectivity index (χ2n) is 7.09. The molecular formula is C15H26N4O4. The molecule has 3 amide bonds. The third kappa shape index (κ3) is 4.34. The number of rotatable bonds is 2. The van der Waals surface area contributed by atoms with Crippen LogP contribution in [-0.4, -0.2) is 59.6 Å². The predicted molar refractivity (Wildman–Crippen MR) is 83.5 cm³/mol. The highest BCUT2D eigenvalue weighted by molar-refractivity contribution is 5.91. The lowest BCUT2D eigenvalue weighted by Gasteiger charge is -2.35. The Bertz CT molecular complexity index is 488. The summed E-state index contributed by atoms with van der Waals surface area (Å²) in [6, 6.07) is -1.38. The zero-order chi connectivity index (χ0) is 17.2. The molecule has 0 spiro atoms. The van der Waals surface area contributed by atoms with Crippen molar-refractivity contribution in [3.05, 3.63) is 0 Å². The molecule has 0 aromatic heterocycles. The van der Waals surface area contributed by atoms with Gasteiger partial charge in [-0.2, -0.15) is 0 Å². The molecule has 3 atom stereocenters. The lowest BCUT2D eigenvalue weighted by molar-refractivity contribution is -0.141. The summed E-state index contributed by atoms with van der Waals surface area (Å²) in [6.07, 6.45) is 1.45. The highest BCUT2D eigenvalue weighted by atomic mass is 16.6. The molecule has 2 saturated heterocycles. The lowest BCUT2D eigenvalue weighted by atomic mass is 10.1. The van der Waals surface area contributed by atoms with Crippen molar-refractivity contribution in [3.8, 4) is 0 Å². The van der Waals surface area contributed by atoms with Gasteiger partial charge in [0.05, 0.1) is 0 Å². The molecule has 2 fully saturated rings. The van der Waals surface area contributed by atoms with Gasteiger partial charge in [0.15, 0.2) is 0 Å². The lowest BCUT2D eigenvalue weighted by Crippen LogP contribution is -2.60. The Balaban J connectivity index is 2.11. The fourth-order valence-corrected chi connectivity index (χ4v) is 3.12. The van der Waals surface area contributed by atoms with Gasteiger partial charge in [0, 0.05) is 12.6 Å². The van der Waals surface area contributed by atoms with Crippen LogP contribution >= 0.6 is 0 Å². The molecule has 0 radical (unpaired) electrons. The Labute approximate surface area is 136 Å². The molecule has 8 nitrogen and oxygen atoms in total. The van der Waals surface area contributed by atoms with Crippen LogP contribution in [0.3, 0.4) is 0 Å². The maximum Gasteiger partial charge on any atom is 0.408 e. The van der Waals surface area contributed by atoms with Gasteiger partial charge in [0.1, 0.15) is 17.7 Å². The largest absolute Gasteiger partial charge is 0.444 e. The van der Waals surface area contributed by atoms with Crippen LogP contribution < -0.4 is 16.4 Å². The van der Waals surface area contributed by atoms with Gasteiger partial charge in [0.2, 0.25) is 11.8 Å². The van der Waals surface area contributed by atoms with Crippen LogP contribution in [0.1, 0.15) is 40.0 Å². The molecule has 0 bridgehead atoms. The zero-order valence-electron chi connectivity index (χ0n) is 13.9. The summed E-state index contributed by atoms with van der Waals surface area (Å²) in [5, 5.41) is 5.76. The number of hydrogen-bond donors (Lipinski definition) is 3. The summed E-state index contributed by atoms with van der Waals surface area (Å²) in [5.74, 6) is -0.778. The summed E-state index contributed by atoms with van der Waals surface area (Å²) >= 11 is 0. The topological polar surface area (TPSA) is 114 Å². The average Bonchev–Trinajstić information content (AvgIpc) is 2.81. The first-order valence-corrected chi connectivity index (χ1v) is 8.01. The monoisotopic (exact) mass is 326 g/mol. The van der Waals surface area contributed by atoms with Crippen molar-refractivity contribution >= 4 is 17.9 Å². The van der Waals surface area contributed by atoms with E-state index in [-0.39, 0.29) is 11.9 Å². The summed E-state index contributed by atoms with van der Waals surface area (Å²) in [7, 11) is 0. The Hall–Kier alpha value is -1.83. The Morgan fingerprint density at radius 3 is 2.61 bits per heavy atom. The Morgan fingerprint density at radius 1 is 1.30 bits per heavy atom. The van der Waals surface area contributed by atoms with E-state index in [0.717, 1.165) is 12.8 Å². The van der Waals surface area contributed by atoms with Crippen molar-refractivity contribution in [2.45, 2.75) is 63.8 Å². The number of amides is 3. The van der Waals surface area contributed by atoms with E-state index >= 15 is 0 Å². The second kappa shape index (κ2) is 6.74. The second-order valence-corrected chi connectivity index (χ2v) is 7.09. The summed E-state index contributed by atoms with van der Waals surface area (Å²) < 4.78 is 5.21. The standard InChI is InChI=1S/C15H26N4O4/c1-15(2,3)23-14(22)18-10-8-17-7-6-9-4-5-11(12(16)20)19(9)13(10)21/h9-11,17H,4-8H2,1-3H3,(H2,16,20)(H,18,22)/t9-,10+,11+/m1/s1. The number of carbonyl (C=O) groups excluding carboxylic acids is 3. The number of nitrogens with two attached hydrogens (primary N) is 1. The molecule has 0 unspecified atom stereocenters. The minimum atomic E-state index is -0.771. The molecule has 130 valence electrons. The van der Waals surface area contributed by atoms with Gasteiger partial charge in [0.25, 0.3) is 0 Å². The molecular weight excluding hydrogens is 300 g/mol. The predicted octanol–water partition coefficient (Wildman–Crippen LogP) is -0.282. The van der Waals surface area contributed by atoms with E-state index < -0.39 is 29.7 Å². The third-order valence-electron chi connectivity index (χ3n) is 4.08. The van der Waals surface area contributed by atoms with Crippen molar-refractivity contribution in [3.63, 3.8) is 0 Å². The smallest absolute Gasteiger partial charge is 0.408 e. The number of alkyl carbamates (subject to hydrolysis) is 1. The Kier molecular flexibility index (Phi) is 5.13. The first-order chi connectivity index (χ1) is 10.7. The summed E-state index contributed by atoms with van der Waals surface area (Å²) in [4.78, 5) is 37.9. The molecule has 2 rings (SSSR count). The Morgan fingerprint density at radius 2 is 2.00 bits per heavy atom. The van der Waals surface area contributed by atoms with Crippen LogP contribution in [-0.2, 0) is 14.3 Å². The highest BCUT2D eigenvalue weighted by Crippen LogP contribution is 2.27. The molecule has 0 aromatic rings. The normalized spacial score (nSPS) is 28.6. The number of hydrogen-bond acceptors (Lipinski definition) is 5. The van der Waals surface area contributed by atoms with Crippen molar-refractivity contribution in [1.82, 2.24) is 15.5 Å². The average molecular weight is 326 g/mol. The molecule has 2 heterocycles. The van der Waals surface area contributed by atoms with Crippen LogP contribution in [0.25, 0.3) is 0 Å². The number of nitrogens with zero attached hydrogens (tertiary/aromatic N) is 1. The van der Waals surface area contributed by atoms with Gasteiger partial charge >= 0.3 is 6.09 Å². The fourth-order valence-electron chi connectivity index (χ4n) is 3.12. The van der Waals surface area contributed by atoms with E-state index in [1.165, 1.54) is 0 Å². The number of ether oxygens (including phenoxy) is 1. The number of nitrogens with one attached hydrogen (secondary N) is 2. The highest BCUT2D eigenvalue weighted by Gasteiger charge is 2.43. The molecule has 8 heteroatoms. The molecule has 23 heavy (non-hydrogen) atoms. The SMILES string of the molecule is CC(C)(C)OC(=O)N[C@H]1CNCC[C@H]2CC[C@@H](C(N)=O)N2C1=O. The summed E-state index contributed by atoms with van der Waals surface area (Å²) in [5.41, 5.74) is 4.78. The van der Waals surface area contributed by atoms with Gasteiger partial charge in [-0.25, -0.2) is 4.79 Å². The van der Waals surface area contributed by atoms with Crippen molar-refractivity contribution in [1.29, 1.82) is 0 Å². The van der Waals surface area contributed by atoms with Crippen LogP contribution in [0.4, 0.5) is 4.79 Å². The fraction of sp³-hybridized carbons (Fsp3) is 0.800. The van der Waals surface area contributed by atoms with E-state index in [9.17, 15) is 14.4 Å². The third-order valence-corrected chi connectivity index (χ3v) is 4.08. The van der Waals surface area contributed by atoms with Crippen molar-refractivity contribution < 1.29 is 19.1 Å². The van der Waals surface area contributed by atoms with E-state index in [1.54, 1.807) is 25.7 Å². The minimum absolute atomic E-state index is 0.0178. The molecule has 0 aliphatic carbocycles. The molecule has 4 N–H and O–H groups in total. The maximum absolute atomic E-state index is 12.8. The molecule has 2 aliphatic heterocycles. The quantitative estimate of drug-likeness (QED) is 0.646. The van der Waals surface area contributed by atoms with Gasteiger partial charge in [-0.3, -0.25) is 9.59 Å². The number of primary amides is 1. The number of carbonyl (C=O) groups is 3. The first kappa shape index (κ1) is 17.5. The number of fused-ring (bicyclic) bond motifs is 1. The molecule has 2 aliphatic rings. The van der Waals surface area contributed by atoms with Gasteiger partial charge in [-0.1, -0.05) is 0 Å². The van der Waals surface area contributed by atoms with Gasteiger partial charge < -0.3 is 26.0 Å². The zero-order valence-corrected chi connectivity index (χ0v) is 13.9. The maximum atomic E-state index is 12.8. The minimum Gasteiger partial charge on any atom is -0.444 e. The van der Waals surface area contributed by atoms with E-state index in [4.69, 9.17) is 10.5 Å². The van der Waals surface area contributed by atoms with Crippen LogP contribution in [0.2, 0.25) is 0 Å². The van der Waals surface area contributed by atoms with Crippen molar-refractivity contribution in [2.24, 2.45) is 5.73 Å². The van der Waals surface area contributed by atoms with Crippen molar-refractivity contribution in [2.75, 3.05) is 13.1 Å². The van der Waals surface area contributed by atoms with Crippen LogP contribution in [0.5, 0.6) is 0 Å². The van der Waals surface area contributed by atoms with E-state index in [2.05, 4.69) is 10.6 Å². The van der Waals surface area contributed by atoms with Gasteiger partial charge in [-0.15, -0.1) is 0 Å². The van der Waals surface area contributed by atoms with Crippen LogP contribution in [0.15, 0.2) is 0 Å². The van der Waals surface area contributed by atoms with Gasteiger partial charge in [-0.05, 0) is 46.6 Å². The first-order valence-electron chi connectivity index (χ1n) is 8.01. The van der Waals surface area contributed by atoms with E-state index in [1.807, 2.05) is 0 Å². The molecule has 0 aromatic carbocycles. The summed E-state index contributed by atoms with van der Waals surface area (Å²) in [6.45, 7) is 6.28.